The van der Waals surface area contributed by atoms with Crippen LogP contribution in [0.5, 0.6) is 5.75 Å². The van der Waals surface area contributed by atoms with Gasteiger partial charge in [0, 0.05) is 37.0 Å². The largest absolute Gasteiger partial charge is 0.497 e. The molecule has 2 aromatic carbocycles. The highest BCUT2D eigenvalue weighted by molar-refractivity contribution is 5.94. The molecule has 1 atom stereocenters. The molecule has 5 heteroatoms. The van der Waals surface area contributed by atoms with E-state index in [-0.39, 0.29) is 5.91 Å². The van der Waals surface area contributed by atoms with E-state index in [1.165, 1.54) is 12.1 Å². The molecule has 1 N–H and O–H groups in total. The lowest BCUT2D eigenvalue weighted by atomic mass is 10.1. The molecule has 0 bridgehead atoms. The van der Waals surface area contributed by atoms with Crippen LogP contribution in [0.1, 0.15) is 16.8 Å². The number of benzene rings is 2. The first-order chi connectivity index (χ1) is 11.7. The van der Waals surface area contributed by atoms with E-state index < -0.39 is 5.82 Å². The number of carbonyl (C=O) groups excluding carboxylic acids is 1. The Morgan fingerprint density at radius 2 is 2.12 bits per heavy atom. The Morgan fingerprint density at radius 3 is 2.92 bits per heavy atom. The molecule has 1 heterocycles. The zero-order valence-electron chi connectivity index (χ0n) is 13.7. The minimum atomic E-state index is -0.396. The summed E-state index contributed by atoms with van der Waals surface area (Å²) in [7, 11) is 1.66. The summed E-state index contributed by atoms with van der Waals surface area (Å²) < 4.78 is 18.4. The van der Waals surface area contributed by atoms with Gasteiger partial charge in [0.15, 0.2) is 0 Å². The average Bonchev–Trinajstić information content (AvgIpc) is 3.09. The normalized spacial score (nSPS) is 16.9. The molecule has 24 heavy (non-hydrogen) atoms. The Bertz CT molecular complexity index is 720. The van der Waals surface area contributed by atoms with E-state index in [1.54, 1.807) is 19.2 Å². The van der Waals surface area contributed by atoms with Crippen molar-refractivity contribution in [2.45, 2.75) is 6.42 Å². The number of ether oxygens (including phenoxy) is 1. The maximum Gasteiger partial charge on any atom is 0.251 e. The molecule has 0 aliphatic carbocycles. The SMILES string of the molecule is COc1cccc(N2CC[C@@H](CNC(=O)c3cccc(F)c3)C2)c1. The molecule has 1 saturated heterocycles. The Hall–Kier alpha value is -2.56. The van der Waals surface area contributed by atoms with Gasteiger partial charge in [0.25, 0.3) is 5.91 Å². The molecule has 0 aromatic heterocycles. The first-order valence-electron chi connectivity index (χ1n) is 8.08. The van der Waals surface area contributed by atoms with Crippen LogP contribution in [0.4, 0.5) is 10.1 Å². The van der Waals surface area contributed by atoms with Crippen molar-refractivity contribution in [2.24, 2.45) is 5.92 Å². The second-order valence-electron chi connectivity index (χ2n) is 6.02. The van der Waals surface area contributed by atoms with E-state index in [9.17, 15) is 9.18 Å². The van der Waals surface area contributed by atoms with Crippen molar-refractivity contribution >= 4 is 11.6 Å². The second-order valence-corrected chi connectivity index (χ2v) is 6.02. The molecule has 2 aromatic rings. The van der Waals surface area contributed by atoms with Gasteiger partial charge in [-0.1, -0.05) is 12.1 Å². The minimum Gasteiger partial charge on any atom is -0.497 e. The van der Waals surface area contributed by atoms with Gasteiger partial charge in [0.1, 0.15) is 11.6 Å². The van der Waals surface area contributed by atoms with Crippen molar-refractivity contribution < 1.29 is 13.9 Å². The number of hydrogen-bond acceptors (Lipinski definition) is 3. The Labute approximate surface area is 141 Å². The summed E-state index contributed by atoms with van der Waals surface area (Å²) in [4.78, 5) is 14.4. The first kappa shape index (κ1) is 16.3. The number of amides is 1. The Balaban J connectivity index is 1.53. The molecule has 0 saturated carbocycles. The third-order valence-corrected chi connectivity index (χ3v) is 4.34. The topological polar surface area (TPSA) is 41.6 Å². The number of hydrogen-bond donors (Lipinski definition) is 1. The minimum absolute atomic E-state index is 0.227. The highest BCUT2D eigenvalue weighted by Crippen LogP contribution is 2.26. The molecule has 1 fully saturated rings. The van der Waals surface area contributed by atoms with Gasteiger partial charge in [-0.2, -0.15) is 0 Å². The number of nitrogens with zero attached hydrogens (tertiary/aromatic N) is 1. The number of carbonyl (C=O) groups is 1. The van der Waals surface area contributed by atoms with Gasteiger partial charge in [-0.15, -0.1) is 0 Å². The van der Waals surface area contributed by atoms with Crippen molar-refractivity contribution in [3.05, 3.63) is 59.9 Å². The van der Waals surface area contributed by atoms with Gasteiger partial charge in [-0.05, 0) is 42.7 Å². The Morgan fingerprint density at radius 1 is 1.29 bits per heavy atom. The Kier molecular flexibility index (Phi) is 4.99. The van der Waals surface area contributed by atoms with Crippen LogP contribution in [-0.4, -0.2) is 32.7 Å². The van der Waals surface area contributed by atoms with Gasteiger partial charge in [-0.25, -0.2) is 4.39 Å². The highest BCUT2D eigenvalue weighted by Gasteiger charge is 2.23. The van der Waals surface area contributed by atoms with Crippen molar-refractivity contribution in [1.82, 2.24) is 5.32 Å². The molecule has 0 spiro atoms. The van der Waals surface area contributed by atoms with Crippen molar-refractivity contribution in [1.29, 1.82) is 0 Å². The summed E-state index contributed by atoms with van der Waals surface area (Å²) in [6, 6.07) is 13.7. The molecular weight excluding hydrogens is 307 g/mol. The molecule has 1 aliphatic rings. The van der Waals surface area contributed by atoms with Crippen molar-refractivity contribution in [3.8, 4) is 5.75 Å². The molecule has 0 unspecified atom stereocenters. The van der Waals surface area contributed by atoms with E-state index >= 15 is 0 Å². The van der Waals surface area contributed by atoms with Crippen LogP contribution < -0.4 is 15.0 Å². The highest BCUT2D eigenvalue weighted by atomic mass is 19.1. The summed E-state index contributed by atoms with van der Waals surface area (Å²) >= 11 is 0. The predicted octanol–water partition coefficient (Wildman–Crippen LogP) is 3.09. The number of halogens is 1. The van der Waals surface area contributed by atoms with Crippen LogP contribution in [0.3, 0.4) is 0 Å². The van der Waals surface area contributed by atoms with E-state index in [1.807, 2.05) is 18.2 Å². The first-order valence-corrected chi connectivity index (χ1v) is 8.08. The summed E-state index contributed by atoms with van der Waals surface area (Å²) in [5.41, 5.74) is 1.49. The van der Waals surface area contributed by atoms with Crippen molar-refractivity contribution in [2.75, 3.05) is 31.6 Å². The van der Waals surface area contributed by atoms with E-state index in [0.29, 0.717) is 18.0 Å². The maximum absolute atomic E-state index is 13.2. The average molecular weight is 328 g/mol. The molecule has 3 rings (SSSR count). The van der Waals surface area contributed by atoms with Gasteiger partial charge in [0.2, 0.25) is 0 Å². The fraction of sp³-hybridized carbons (Fsp3) is 0.316. The predicted molar refractivity (Wildman–Crippen MR) is 92.0 cm³/mol. The van der Waals surface area contributed by atoms with Gasteiger partial charge >= 0.3 is 0 Å². The van der Waals surface area contributed by atoms with E-state index in [2.05, 4.69) is 16.3 Å². The molecule has 1 aliphatic heterocycles. The lowest BCUT2D eigenvalue weighted by molar-refractivity contribution is 0.0948. The molecule has 126 valence electrons. The van der Waals surface area contributed by atoms with Crippen LogP contribution in [-0.2, 0) is 0 Å². The van der Waals surface area contributed by atoms with E-state index in [4.69, 9.17) is 4.74 Å². The third kappa shape index (κ3) is 3.85. The number of rotatable bonds is 5. The number of methoxy groups -OCH3 is 1. The zero-order chi connectivity index (χ0) is 16.9. The lowest BCUT2D eigenvalue weighted by Crippen LogP contribution is -2.31. The summed E-state index contributed by atoms with van der Waals surface area (Å²) in [6.07, 6.45) is 1.01. The number of nitrogens with one attached hydrogen (secondary N) is 1. The fourth-order valence-electron chi connectivity index (χ4n) is 3.01. The quantitative estimate of drug-likeness (QED) is 0.917. The van der Waals surface area contributed by atoms with Crippen LogP contribution in [0, 0.1) is 11.7 Å². The second kappa shape index (κ2) is 7.34. The number of anilines is 1. The molecule has 4 nitrogen and oxygen atoms in total. The maximum atomic E-state index is 13.2. The van der Waals surface area contributed by atoms with Crippen LogP contribution >= 0.6 is 0 Å². The summed E-state index contributed by atoms with van der Waals surface area (Å²) in [5.74, 6) is 0.603. The van der Waals surface area contributed by atoms with Gasteiger partial charge in [-0.3, -0.25) is 4.79 Å². The van der Waals surface area contributed by atoms with Crippen molar-refractivity contribution in [3.63, 3.8) is 0 Å². The lowest BCUT2D eigenvalue weighted by Gasteiger charge is -2.19. The van der Waals surface area contributed by atoms with Crippen LogP contribution in [0.15, 0.2) is 48.5 Å². The summed E-state index contributed by atoms with van der Waals surface area (Å²) in [5, 5.41) is 2.91. The smallest absolute Gasteiger partial charge is 0.251 e. The standard InChI is InChI=1S/C19H21FN2O2/c1-24-18-7-3-6-17(11-18)22-9-8-14(13-22)12-21-19(23)15-4-2-5-16(20)10-15/h2-7,10-11,14H,8-9,12-13H2,1H3,(H,21,23)/t14-/m0/s1. The molecule has 0 radical (unpaired) electrons. The molecular formula is C19H21FN2O2. The monoisotopic (exact) mass is 328 g/mol. The van der Waals surface area contributed by atoms with Gasteiger partial charge in [0.05, 0.1) is 7.11 Å². The zero-order valence-corrected chi connectivity index (χ0v) is 13.7. The van der Waals surface area contributed by atoms with E-state index in [0.717, 1.165) is 30.9 Å². The summed E-state index contributed by atoms with van der Waals surface area (Å²) in [6.45, 7) is 2.43. The van der Waals surface area contributed by atoms with Gasteiger partial charge < -0.3 is 15.0 Å². The molecule has 1 amide bonds. The van der Waals surface area contributed by atoms with Crippen LogP contribution in [0.2, 0.25) is 0 Å². The third-order valence-electron chi connectivity index (χ3n) is 4.34. The van der Waals surface area contributed by atoms with Crippen LogP contribution in [0.25, 0.3) is 0 Å². The fourth-order valence-corrected chi connectivity index (χ4v) is 3.01.